The van der Waals surface area contributed by atoms with Crippen LogP contribution in [0.1, 0.15) is 23.2 Å². The number of anilines is 2. The van der Waals surface area contributed by atoms with Gasteiger partial charge in [0.1, 0.15) is 11.5 Å². The van der Waals surface area contributed by atoms with Crippen LogP contribution in [0.3, 0.4) is 0 Å². The standard InChI is InChI=1S/C17H20N4O3/c1-23-13-5-6-15(24-2)14(9-13)20-17-18-10-12(11-19-17)16(22)21-7-3-4-8-21/h5-6,9-11H,3-4,7-8H2,1-2H3,(H,18,19,20). The number of rotatable bonds is 5. The number of methoxy groups -OCH3 is 2. The van der Waals surface area contributed by atoms with Crippen LogP contribution in [0.15, 0.2) is 30.6 Å². The summed E-state index contributed by atoms with van der Waals surface area (Å²) in [5.41, 5.74) is 1.19. The molecule has 0 radical (unpaired) electrons. The van der Waals surface area contributed by atoms with Crippen LogP contribution >= 0.6 is 0 Å². The van der Waals surface area contributed by atoms with E-state index in [2.05, 4.69) is 15.3 Å². The van der Waals surface area contributed by atoms with Gasteiger partial charge in [-0.05, 0) is 25.0 Å². The van der Waals surface area contributed by atoms with Crippen molar-refractivity contribution in [1.29, 1.82) is 0 Å². The van der Waals surface area contributed by atoms with Crippen LogP contribution in [0.25, 0.3) is 0 Å². The van der Waals surface area contributed by atoms with Gasteiger partial charge in [0.25, 0.3) is 5.91 Å². The minimum absolute atomic E-state index is 0.0157. The van der Waals surface area contributed by atoms with Crippen LogP contribution in [-0.2, 0) is 0 Å². The van der Waals surface area contributed by atoms with E-state index in [1.165, 1.54) is 0 Å². The van der Waals surface area contributed by atoms with Gasteiger partial charge < -0.3 is 19.7 Å². The Balaban J connectivity index is 1.75. The highest BCUT2D eigenvalue weighted by Gasteiger charge is 2.20. The third kappa shape index (κ3) is 3.40. The topological polar surface area (TPSA) is 76.6 Å². The van der Waals surface area contributed by atoms with Crippen molar-refractivity contribution >= 4 is 17.5 Å². The number of carbonyl (C=O) groups is 1. The largest absolute Gasteiger partial charge is 0.497 e. The highest BCUT2D eigenvalue weighted by atomic mass is 16.5. The minimum Gasteiger partial charge on any atom is -0.497 e. The first-order valence-electron chi connectivity index (χ1n) is 7.81. The molecule has 0 unspecified atom stereocenters. The van der Waals surface area contributed by atoms with Gasteiger partial charge in [0.15, 0.2) is 0 Å². The first kappa shape index (κ1) is 16.0. The van der Waals surface area contributed by atoms with Crippen LogP contribution in [0.4, 0.5) is 11.6 Å². The summed E-state index contributed by atoms with van der Waals surface area (Å²) in [4.78, 5) is 22.6. The van der Waals surface area contributed by atoms with Crippen molar-refractivity contribution in [1.82, 2.24) is 14.9 Å². The van der Waals surface area contributed by atoms with Crippen molar-refractivity contribution in [3.05, 3.63) is 36.2 Å². The van der Waals surface area contributed by atoms with Crippen LogP contribution < -0.4 is 14.8 Å². The van der Waals surface area contributed by atoms with E-state index >= 15 is 0 Å². The molecule has 0 aliphatic carbocycles. The molecule has 0 bridgehead atoms. The Hall–Kier alpha value is -2.83. The first-order chi connectivity index (χ1) is 11.7. The fourth-order valence-electron chi connectivity index (χ4n) is 2.64. The van der Waals surface area contributed by atoms with Crippen molar-refractivity contribution < 1.29 is 14.3 Å². The van der Waals surface area contributed by atoms with Gasteiger partial charge in [-0.2, -0.15) is 0 Å². The second kappa shape index (κ2) is 7.16. The number of hydrogen-bond acceptors (Lipinski definition) is 6. The van der Waals surface area contributed by atoms with Gasteiger partial charge >= 0.3 is 0 Å². The molecule has 1 aliphatic heterocycles. The van der Waals surface area contributed by atoms with Crippen LogP contribution in [0, 0.1) is 0 Å². The zero-order valence-electron chi connectivity index (χ0n) is 13.8. The summed E-state index contributed by atoms with van der Waals surface area (Å²) in [5.74, 6) is 1.72. The van der Waals surface area contributed by atoms with Crippen LogP contribution in [0.5, 0.6) is 11.5 Å². The predicted molar refractivity (Wildman–Crippen MR) is 90.0 cm³/mol. The number of aromatic nitrogens is 2. The zero-order chi connectivity index (χ0) is 16.9. The number of hydrogen-bond donors (Lipinski definition) is 1. The number of benzene rings is 1. The SMILES string of the molecule is COc1ccc(OC)c(Nc2ncc(C(=O)N3CCCC3)cn2)c1. The molecule has 1 fully saturated rings. The van der Waals surface area contributed by atoms with Crippen molar-refractivity contribution in [3.63, 3.8) is 0 Å². The van der Waals surface area contributed by atoms with E-state index in [0.717, 1.165) is 25.9 Å². The average molecular weight is 328 g/mol. The minimum atomic E-state index is -0.0157. The van der Waals surface area contributed by atoms with Crippen molar-refractivity contribution in [2.75, 3.05) is 32.6 Å². The molecule has 1 amide bonds. The number of likely N-dealkylation sites (tertiary alicyclic amines) is 1. The van der Waals surface area contributed by atoms with Gasteiger partial charge in [-0.3, -0.25) is 4.79 Å². The number of amides is 1. The highest BCUT2D eigenvalue weighted by Crippen LogP contribution is 2.30. The van der Waals surface area contributed by atoms with Crippen molar-refractivity contribution in [2.45, 2.75) is 12.8 Å². The number of nitrogens with one attached hydrogen (secondary N) is 1. The Labute approximate surface area is 140 Å². The average Bonchev–Trinajstić information content (AvgIpc) is 3.16. The Bertz CT molecular complexity index is 712. The summed E-state index contributed by atoms with van der Waals surface area (Å²) < 4.78 is 10.5. The molecule has 24 heavy (non-hydrogen) atoms. The fraction of sp³-hybridized carbons (Fsp3) is 0.353. The first-order valence-corrected chi connectivity index (χ1v) is 7.81. The van der Waals surface area contributed by atoms with Crippen LogP contribution in [0.2, 0.25) is 0 Å². The third-order valence-electron chi connectivity index (χ3n) is 3.95. The molecule has 2 aromatic rings. The van der Waals surface area contributed by atoms with Gasteiger partial charge in [-0.25, -0.2) is 9.97 Å². The fourth-order valence-corrected chi connectivity index (χ4v) is 2.64. The molecule has 126 valence electrons. The number of ether oxygens (including phenoxy) is 2. The normalized spacial score (nSPS) is 13.7. The molecule has 1 aliphatic rings. The van der Waals surface area contributed by atoms with E-state index in [4.69, 9.17) is 9.47 Å². The molecule has 1 saturated heterocycles. The Morgan fingerprint density at radius 1 is 1.12 bits per heavy atom. The monoisotopic (exact) mass is 328 g/mol. The molecule has 0 spiro atoms. The molecule has 7 nitrogen and oxygen atoms in total. The van der Waals surface area contributed by atoms with E-state index < -0.39 is 0 Å². The summed E-state index contributed by atoms with van der Waals surface area (Å²) in [5, 5.41) is 3.08. The van der Waals surface area contributed by atoms with Gasteiger partial charge in [0.2, 0.25) is 5.95 Å². The molecule has 2 heterocycles. The molecule has 1 aromatic heterocycles. The molecule has 0 atom stereocenters. The summed E-state index contributed by atoms with van der Waals surface area (Å²) >= 11 is 0. The van der Waals surface area contributed by atoms with E-state index in [-0.39, 0.29) is 5.91 Å². The lowest BCUT2D eigenvalue weighted by molar-refractivity contribution is 0.0792. The third-order valence-corrected chi connectivity index (χ3v) is 3.95. The maximum atomic E-state index is 12.3. The van der Waals surface area contributed by atoms with E-state index in [9.17, 15) is 4.79 Å². The van der Waals surface area contributed by atoms with Gasteiger partial charge in [-0.1, -0.05) is 0 Å². The van der Waals surface area contributed by atoms with Crippen molar-refractivity contribution in [3.8, 4) is 11.5 Å². The molecule has 1 N–H and O–H groups in total. The van der Waals surface area contributed by atoms with Gasteiger partial charge in [0.05, 0.1) is 25.5 Å². The quantitative estimate of drug-likeness (QED) is 0.908. The number of nitrogens with zero attached hydrogens (tertiary/aromatic N) is 3. The Morgan fingerprint density at radius 2 is 1.83 bits per heavy atom. The highest BCUT2D eigenvalue weighted by molar-refractivity contribution is 5.93. The molecule has 0 saturated carbocycles. The smallest absolute Gasteiger partial charge is 0.256 e. The maximum absolute atomic E-state index is 12.3. The van der Waals surface area contributed by atoms with Gasteiger partial charge in [0, 0.05) is 31.5 Å². The Kier molecular flexibility index (Phi) is 4.79. The lowest BCUT2D eigenvalue weighted by Crippen LogP contribution is -2.27. The Morgan fingerprint density at radius 3 is 2.46 bits per heavy atom. The lowest BCUT2D eigenvalue weighted by atomic mass is 10.2. The molecule has 7 heteroatoms. The van der Waals surface area contributed by atoms with Crippen molar-refractivity contribution in [2.24, 2.45) is 0 Å². The molecule has 1 aromatic carbocycles. The molecule has 3 rings (SSSR count). The van der Waals surface area contributed by atoms with Gasteiger partial charge in [-0.15, -0.1) is 0 Å². The molecular weight excluding hydrogens is 308 g/mol. The maximum Gasteiger partial charge on any atom is 0.256 e. The number of carbonyl (C=O) groups excluding carboxylic acids is 1. The summed E-state index contributed by atoms with van der Waals surface area (Å²) in [6, 6.07) is 5.40. The summed E-state index contributed by atoms with van der Waals surface area (Å²) in [7, 11) is 3.19. The summed E-state index contributed by atoms with van der Waals surface area (Å²) in [6.45, 7) is 1.61. The second-order valence-electron chi connectivity index (χ2n) is 5.49. The van der Waals surface area contributed by atoms with E-state index in [1.807, 2.05) is 11.0 Å². The lowest BCUT2D eigenvalue weighted by Gasteiger charge is -2.15. The summed E-state index contributed by atoms with van der Waals surface area (Å²) in [6.07, 6.45) is 5.20. The van der Waals surface area contributed by atoms with E-state index in [1.54, 1.807) is 38.7 Å². The second-order valence-corrected chi connectivity index (χ2v) is 5.49. The zero-order valence-corrected chi connectivity index (χ0v) is 13.8. The van der Waals surface area contributed by atoms with E-state index in [0.29, 0.717) is 28.7 Å². The predicted octanol–water partition coefficient (Wildman–Crippen LogP) is 2.47. The molecular formula is C17H20N4O3. The van der Waals surface area contributed by atoms with Crippen LogP contribution in [-0.4, -0.2) is 48.1 Å².